The summed E-state index contributed by atoms with van der Waals surface area (Å²) in [6, 6.07) is 19.2. The highest BCUT2D eigenvalue weighted by Gasteiger charge is 2.34. The van der Waals surface area contributed by atoms with Crippen molar-refractivity contribution in [2.75, 3.05) is 26.3 Å². The van der Waals surface area contributed by atoms with Crippen molar-refractivity contribution in [2.24, 2.45) is 5.41 Å². The van der Waals surface area contributed by atoms with Gasteiger partial charge in [0.15, 0.2) is 0 Å². The van der Waals surface area contributed by atoms with Crippen LogP contribution in [0.2, 0.25) is 0 Å². The minimum absolute atomic E-state index is 0.315. The second kappa shape index (κ2) is 9.74. The van der Waals surface area contributed by atoms with E-state index in [0.717, 1.165) is 44.8 Å². The van der Waals surface area contributed by atoms with E-state index in [9.17, 15) is 0 Å². The molecule has 1 fully saturated rings. The van der Waals surface area contributed by atoms with Crippen LogP contribution in [-0.2, 0) is 17.7 Å². The topological polar surface area (TPSA) is 12.5 Å². The third-order valence-electron chi connectivity index (χ3n) is 5.84. The molecule has 2 heteroatoms. The van der Waals surface area contributed by atoms with Crippen LogP contribution >= 0.6 is 0 Å². The zero-order valence-electron chi connectivity index (χ0n) is 16.5. The van der Waals surface area contributed by atoms with E-state index < -0.39 is 0 Å². The Balaban J connectivity index is 1.56. The van der Waals surface area contributed by atoms with E-state index in [0.29, 0.717) is 5.41 Å². The first-order valence-electron chi connectivity index (χ1n) is 10.1. The molecule has 1 saturated heterocycles. The van der Waals surface area contributed by atoms with Crippen LogP contribution in [0.1, 0.15) is 42.9 Å². The zero-order chi connectivity index (χ0) is 19.0. The van der Waals surface area contributed by atoms with Gasteiger partial charge < -0.3 is 4.74 Å². The standard InChI is InChI=1S/C25H31NO/c1-3-22-10-12-24(13-11-22)20-26-18-16-25(17-19-26,21-27-4-2)15-14-23-8-6-5-7-9-23/h1,5-13H,4,14-21H2,2H3. The molecule has 0 radical (unpaired) electrons. The fraction of sp³-hybridized carbons (Fsp3) is 0.440. The van der Waals surface area contributed by atoms with Gasteiger partial charge in [-0.3, -0.25) is 4.90 Å². The number of terminal acetylenes is 1. The number of rotatable bonds is 8. The average Bonchev–Trinajstić information content (AvgIpc) is 2.74. The molecule has 2 nitrogen and oxygen atoms in total. The van der Waals surface area contributed by atoms with Crippen LogP contribution in [-0.4, -0.2) is 31.2 Å². The molecule has 1 aliphatic heterocycles. The second-order valence-electron chi connectivity index (χ2n) is 7.74. The van der Waals surface area contributed by atoms with Crippen molar-refractivity contribution < 1.29 is 4.74 Å². The Morgan fingerprint density at radius 1 is 1.00 bits per heavy atom. The van der Waals surface area contributed by atoms with Crippen LogP contribution in [0.3, 0.4) is 0 Å². The smallest absolute Gasteiger partial charge is 0.0523 e. The molecule has 0 aromatic heterocycles. The third-order valence-corrected chi connectivity index (χ3v) is 5.84. The van der Waals surface area contributed by atoms with Gasteiger partial charge in [0.25, 0.3) is 0 Å². The van der Waals surface area contributed by atoms with Crippen LogP contribution < -0.4 is 0 Å². The predicted octanol–water partition coefficient (Wildman–Crippen LogP) is 4.92. The summed E-state index contributed by atoms with van der Waals surface area (Å²) in [5.41, 5.74) is 4.05. The van der Waals surface area contributed by atoms with Gasteiger partial charge in [0, 0.05) is 18.7 Å². The molecule has 1 aliphatic rings. The lowest BCUT2D eigenvalue weighted by atomic mass is 9.74. The van der Waals surface area contributed by atoms with Gasteiger partial charge in [0.1, 0.15) is 0 Å². The van der Waals surface area contributed by atoms with E-state index in [1.54, 1.807) is 0 Å². The van der Waals surface area contributed by atoms with E-state index in [-0.39, 0.29) is 0 Å². The first-order chi connectivity index (χ1) is 13.2. The number of aryl methyl sites for hydroxylation is 1. The number of hydrogen-bond acceptors (Lipinski definition) is 2. The van der Waals surface area contributed by atoms with Crippen LogP contribution in [0.4, 0.5) is 0 Å². The van der Waals surface area contributed by atoms with Crippen molar-refractivity contribution in [2.45, 2.75) is 39.2 Å². The number of hydrogen-bond donors (Lipinski definition) is 0. The highest BCUT2D eigenvalue weighted by molar-refractivity contribution is 5.34. The van der Waals surface area contributed by atoms with Gasteiger partial charge in [-0.15, -0.1) is 6.42 Å². The summed E-state index contributed by atoms with van der Waals surface area (Å²) in [4.78, 5) is 2.57. The number of nitrogens with zero attached hydrogens (tertiary/aromatic N) is 1. The molecule has 142 valence electrons. The third kappa shape index (κ3) is 5.70. The van der Waals surface area contributed by atoms with Crippen molar-refractivity contribution in [3.8, 4) is 12.3 Å². The van der Waals surface area contributed by atoms with E-state index in [4.69, 9.17) is 11.2 Å². The van der Waals surface area contributed by atoms with Gasteiger partial charge in [-0.05, 0) is 74.4 Å². The second-order valence-corrected chi connectivity index (χ2v) is 7.74. The Morgan fingerprint density at radius 2 is 1.70 bits per heavy atom. The molecule has 2 aromatic carbocycles. The van der Waals surface area contributed by atoms with Gasteiger partial charge >= 0.3 is 0 Å². The molecule has 0 bridgehead atoms. The maximum Gasteiger partial charge on any atom is 0.0523 e. The Morgan fingerprint density at radius 3 is 2.33 bits per heavy atom. The van der Waals surface area contributed by atoms with Crippen molar-refractivity contribution >= 4 is 0 Å². The van der Waals surface area contributed by atoms with Crippen molar-refractivity contribution in [3.05, 3.63) is 71.3 Å². The summed E-state index contributed by atoms with van der Waals surface area (Å²) < 4.78 is 5.91. The van der Waals surface area contributed by atoms with Crippen molar-refractivity contribution in [1.82, 2.24) is 4.90 Å². The van der Waals surface area contributed by atoms with Crippen LogP contribution in [0, 0.1) is 17.8 Å². The maximum absolute atomic E-state index is 5.91. The molecule has 0 N–H and O–H groups in total. The highest BCUT2D eigenvalue weighted by atomic mass is 16.5. The van der Waals surface area contributed by atoms with Crippen LogP contribution in [0.5, 0.6) is 0 Å². The number of likely N-dealkylation sites (tertiary alicyclic amines) is 1. The quantitative estimate of drug-likeness (QED) is 0.619. The van der Waals surface area contributed by atoms with E-state index in [1.165, 1.54) is 30.4 Å². The molecule has 0 saturated carbocycles. The fourth-order valence-electron chi connectivity index (χ4n) is 3.99. The van der Waals surface area contributed by atoms with Gasteiger partial charge in [-0.1, -0.05) is 48.4 Å². The Bertz CT molecular complexity index is 721. The normalized spacial score (nSPS) is 16.7. The minimum atomic E-state index is 0.315. The number of benzene rings is 2. The zero-order valence-corrected chi connectivity index (χ0v) is 16.5. The first-order valence-corrected chi connectivity index (χ1v) is 10.1. The molecule has 1 heterocycles. The summed E-state index contributed by atoms with van der Waals surface area (Å²) in [5, 5.41) is 0. The summed E-state index contributed by atoms with van der Waals surface area (Å²) >= 11 is 0. The molecule has 2 aromatic rings. The van der Waals surface area contributed by atoms with E-state index in [1.807, 2.05) is 12.1 Å². The van der Waals surface area contributed by atoms with Gasteiger partial charge in [0.05, 0.1) is 6.61 Å². The van der Waals surface area contributed by atoms with Crippen LogP contribution in [0.15, 0.2) is 54.6 Å². The largest absolute Gasteiger partial charge is 0.381 e. The minimum Gasteiger partial charge on any atom is -0.381 e. The Labute approximate surface area is 164 Å². The first kappa shape index (κ1) is 19.7. The number of ether oxygens (including phenoxy) is 1. The Kier molecular flexibility index (Phi) is 7.10. The molecule has 0 amide bonds. The van der Waals surface area contributed by atoms with Gasteiger partial charge in [0.2, 0.25) is 0 Å². The summed E-state index contributed by atoms with van der Waals surface area (Å²) in [5.74, 6) is 2.69. The molecule has 0 unspecified atom stereocenters. The lowest BCUT2D eigenvalue weighted by Crippen LogP contribution is -2.42. The SMILES string of the molecule is C#Cc1ccc(CN2CCC(CCc3ccccc3)(COCC)CC2)cc1. The molecular formula is C25H31NO. The van der Waals surface area contributed by atoms with Crippen molar-refractivity contribution in [1.29, 1.82) is 0 Å². The van der Waals surface area contributed by atoms with Gasteiger partial charge in [-0.2, -0.15) is 0 Å². The predicted molar refractivity (Wildman–Crippen MR) is 113 cm³/mol. The van der Waals surface area contributed by atoms with Crippen molar-refractivity contribution in [3.63, 3.8) is 0 Å². The fourth-order valence-corrected chi connectivity index (χ4v) is 3.99. The summed E-state index contributed by atoms with van der Waals surface area (Å²) in [6.07, 6.45) is 10.2. The monoisotopic (exact) mass is 361 g/mol. The maximum atomic E-state index is 5.91. The van der Waals surface area contributed by atoms with Gasteiger partial charge in [-0.25, -0.2) is 0 Å². The molecule has 27 heavy (non-hydrogen) atoms. The number of piperidine rings is 1. The summed E-state index contributed by atoms with van der Waals surface area (Å²) in [7, 11) is 0. The van der Waals surface area contributed by atoms with E-state index >= 15 is 0 Å². The summed E-state index contributed by atoms with van der Waals surface area (Å²) in [6.45, 7) is 7.07. The Hall–Kier alpha value is -2.08. The van der Waals surface area contributed by atoms with E-state index in [2.05, 4.69) is 60.2 Å². The molecule has 0 spiro atoms. The lowest BCUT2D eigenvalue weighted by molar-refractivity contribution is -0.00232. The molecular weight excluding hydrogens is 330 g/mol. The average molecular weight is 362 g/mol. The molecule has 0 aliphatic carbocycles. The van der Waals surface area contributed by atoms with Crippen LogP contribution in [0.25, 0.3) is 0 Å². The molecule has 3 rings (SSSR count). The highest BCUT2D eigenvalue weighted by Crippen LogP contribution is 2.37. The lowest BCUT2D eigenvalue weighted by Gasteiger charge is -2.42. The molecule has 0 atom stereocenters.